The Bertz CT molecular complexity index is 432. The van der Waals surface area contributed by atoms with Crippen LogP contribution in [0.4, 0.5) is 5.82 Å². The summed E-state index contributed by atoms with van der Waals surface area (Å²) in [5, 5.41) is 0. The van der Waals surface area contributed by atoms with E-state index in [4.69, 9.17) is 15.6 Å². The van der Waals surface area contributed by atoms with Gasteiger partial charge < -0.3 is 10.2 Å². The molecular formula is C13H20N4O. The van der Waals surface area contributed by atoms with Crippen molar-refractivity contribution in [2.24, 2.45) is 11.8 Å². The number of rotatable bonds is 2. The highest BCUT2D eigenvalue weighted by atomic mass is 16.5. The molecule has 2 heterocycles. The van der Waals surface area contributed by atoms with Crippen molar-refractivity contribution in [2.75, 3.05) is 12.0 Å². The first-order valence-corrected chi connectivity index (χ1v) is 6.72. The first-order chi connectivity index (χ1) is 8.78. The molecule has 0 aromatic carbocycles. The minimum atomic E-state index is 0.500. The minimum absolute atomic E-state index is 0.500. The molecule has 5 nitrogen and oxygen atoms in total. The second-order valence-electron chi connectivity index (χ2n) is 5.42. The Morgan fingerprint density at radius 3 is 2.94 bits per heavy atom. The number of fused-ring (bicyclic) bond motifs is 1. The van der Waals surface area contributed by atoms with Crippen molar-refractivity contribution in [3.05, 3.63) is 17.1 Å². The highest BCUT2D eigenvalue weighted by molar-refractivity contribution is 5.46. The van der Waals surface area contributed by atoms with Crippen molar-refractivity contribution in [1.82, 2.24) is 9.97 Å². The van der Waals surface area contributed by atoms with Gasteiger partial charge in [0.15, 0.2) is 0 Å². The molecule has 2 unspecified atom stereocenters. The topological polar surface area (TPSA) is 73.1 Å². The van der Waals surface area contributed by atoms with Gasteiger partial charge in [0.2, 0.25) is 0 Å². The Morgan fingerprint density at radius 1 is 1.33 bits per heavy atom. The van der Waals surface area contributed by atoms with Crippen LogP contribution >= 0.6 is 0 Å². The molecule has 1 aromatic heterocycles. The number of hydrogen-bond acceptors (Lipinski definition) is 5. The van der Waals surface area contributed by atoms with Crippen LogP contribution in [0.25, 0.3) is 0 Å². The van der Waals surface area contributed by atoms with Gasteiger partial charge in [0.1, 0.15) is 11.6 Å². The zero-order valence-electron chi connectivity index (χ0n) is 10.8. The molecule has 1 saturated carbocycles. The first kappa shape index (κ1) is 11.9. The molecule has 0 bridgehead atoms. The van der Waals surface area contributed by atoms with Crippen LogP contribution < -0.4 is 11.3 Å². The SMILES string of the molecule is CC1CCC(c2nc3c(c(NN)n2)COCC3)C1. The number of nitrogen functional groups attached to an aromatic ring is 1. The maximum Gasteiger partial charge on any atom is 0.149 e. The average molecular weight is 248 g/mol. The van der Waals surface area contributed by atoms with Gasteiger partial charge in [-0.3, -0.25) is 0 Å². The van der Waals surface area contributed by atoms with Gasteiger partial charge in [0.25, 0.3) is 0 Å². The number of nitrogens with two attached hydrogens (primary N) is 1. The molecule has 1 aliphatic carbocycles. The summed E-state index contributed by atoms with van der Waals surface area (Å²) in [5.41, 5.74) is 4.84. The van der Waals surface area contributed by atoms with Crippen LogP contribution in [0.3, 0.4) is 0 Å². The van der Waals surface area contributed by atoms with Gasteiger partial charge >= 0.3 is 0 Å². The van der Waals surface area contributed by atoms with E-state index in [0.29, 0.717) is 12.5 Å². The summed E-state index contributed by atoms with van der Waals surface area (Å²) in [6.07, 6.45) is 4.53. The Balaban J connectivity index is 1.95. The van der Waals surface area contributed by atoms with Crippen molar-refractivity contribution in [2.45, 2.75) is 45.1 Å². The molecule has 0 amide bonds. The summed E-state index contributed by atoms with van der Waals surface area (Å²) in [6.45, 7) is 3.61. The number of hydrazine groups is 1. The molecule has 1 aromatic rings. The second-order valence-corrected chi connectivity index (χ2v) is 5.42. The Kier molecular flexibility index (Phi) is 3.18. The van der Waals surface area contributed by atoms with Crippen LogP contribution in [0.15, 0.2) is 0 Å². The van der Waals surface area contributed by atoms with Gasteiger partial charge in [-0.25, -0.2) is 15.8 Å². The number of aromatic nitrogens is 2. The van der Waals surface area contributed by atoms with Crippen molar-refractivity contribution < 1.29 is 4.74 Å². The lowest BCUT2D eigenvalue weighted by atomic mass is 10.0. The number of ether oxygens (including phenoxy) is 1. The molecule has 2 aliphatic rings. The predicted octanol–water partition coefficient (Wildman–Crippen LogP) is 1.74. The Morgan fingerprint density at radius 2 is 2.22 bits per heavy atom. The third-order valence-corrected chi connectivity index (χ3v) is 4.04. The van der Waals surface area contributed by atoms with E-state index in [1.165, 1.54) is 19.3 Å². The van der Waals surface area contributed by atoms with Gasteiger partial charge in [-0.2, -0.15) is 0 Å². The number of anilines is 1. The largest absolute Gasteiger partial charge is 0.376 e. The summed E-state index contributed by atoms with van der Waals surface area (Å²) in [4.78, 5) is 9.35. The smallest absolute Gasteiger partial charge is 0.149 e. The molecular weight excluding hydrogens is 228 g/mol. The first-order valence-electron chi connectivity index (χ1n) is 6.72. The van der Waals surface area contributed by atoms with Crippen LogP contribution in [0.2, 0.25) is 0 Å². The predicted molar refractivity (Wildman–Crippen MR) is 69.0 cm³/mol. The standard InChI is InChI=1S/C13H20N4O/c1-8-2-3-9(6-8)12-15-11-4-5-18-7-10(11)13(16-12)17-14/h8-9H,2-7,14H2,1H3,(H,15,16,17). The molecule has 1 aliphatic heterocycles. The Labute approximate surface area is 107 Å². The summed E-state index contributed by atoms with van der Waals surface area (Å²) < 4.78 is 5.45. The van der Waals surface area contributed by atoms with Crippen LogP contribution in [-0.4, -0.2) is 16.6 Å². The number of nitrogens with zero attached hydrogens (tertiary/aromatic N) is 2. The van der Waals surface area contributed by atoms with E-state index in [1.54, 1.807) is 0 Å². The van der Waals surface area contributed by atoms with E-state index in [0.717, 1.165) is 41.8 Å². The van der Waals surface area contributed by atoms with Gasteiger partial charge in [0, 0.05) is 17.9 Å². The van der Waals surface area contributed by atoms with E-state index < -0.39 is 0 Å². The molecule has 2 atom stereocenters. The molecule has 0 spiro atoms. The maximum atomic E-state index is 5.57. The third-order valence-electron chi connectivity index (χ3n) is 4.04. The molecule has 98 valence electrons. The highest BCUT2D eigenvalue weighted by Crippen LogP contribution is 2.37. The van der Waals surface area contributed by atoms with Crippen molar-refractivity contribution >= 4 is 5.82 Å². The number of nitrogens with one attached hydrogen (secondary N) is 1. The summed E-state index contributed by atoms with van der Waals surface area (Å²) >= 11 is 0. The van der Waals surface area contributed by atoms with Gasteiger partial charge in [-0.05, 0) is 25.2 Å². The van der Waals surface area contributed by atoms with E-state index in [-0.39, 0.29) is 0 Å². The van der Waals surface area contributed by atoms with E-state index in [9.17, 15) is 0 Å². The van der Waals surface area contributed by atoms with Crippen LogP contribution in [0.5, 0.6) is 0 Å². The van der Waals surface area contributed by atoms with Crippen LogP contribution in [0, 0.1) is 5.92 Å². The maximum absolute atomic E-state index is 5.57. The van der Waals surface area contributed by atoms with E-state index in [2.05, 4.69) is 17.3 Å². The van der Waals surface area contributed by atoms with Crippen molar-refractivity contribution in [3.8, 4) is 0 Å². The van der Waals surface area contributed by atoms with Crippen LogP contribution in [-0.2, 0) is 17.8 Å². The van der Waals surface area contributed by atoms with E-state index in [1.807, 2.05) is 0 Å². The Hall–Kier alpha value is -1.20. The number of hydrogen-bond donors (Lipinski definition) is 2. The fourth-order valence-electron chi connectivity index (χ4n) is 2.99. The molecule has 18 heavy (non-hydrogen) atoms. The molecule has 1 fully saturated rings. The lowest BCUT2D eigenvalue weighted by Gasteiger charge is -2.20. The lowest BCUT2D eigenvalue weighted by molar-refractivity contribution is 0.109. The normalized spacial score (nSPS) is 27.0. The zero-order valence-corrected chi connectivity index (χ0v) is 10.8. The lowest BCUT2D eigenvalue weighted by Crippen LogP contribution is -2.21. The molecule has 0 saturated heterocycles. The zero-order chi connectivity index (χ0) is 12.5. The highest BCUT2D eigenvalue weighted by Gasteiger charge is 2.27. The summed E-state index contributed by atoms with van der Waals surface area (Å²) in [5.74, 6) is 8.57. The monoisotopic (exact) mass is 248 g/mol. The summed E-state index contributed by atoms with van der Waals surface area (Å²) in [7, 11) is 0. The fourth-order valence-corrected chi connectivity index (χ4v) is 2.99. The molecule has 3 rings (SSSR count). The average Bonchev–Trinajstić information content (AvgIpc) is 2.84. The van der Waals surface area contributed by atoms with Crippen LogP contribution in [0.1, 0.15) is 49.2 Å². The van der Waals surface area contributed by atoms with Crippen molar-refractivity contribution in [3.63, 3.8) is 0 Å². The molecule has 3 N–H and O–H groups in total. The van der Waals surface area contributed by atoms with Crippen molar-refractivity contribution in [1.29, 1.82) is 0 Å². The minimum Gasteiger partial charge on any atom is -0.376 e. The van der Waals surface area contributed by atoms with Gasteiger partial charge in [0.05, 0.1) is 18.9 Å². The quantitative estimate of drug-likeness (QED) is 0.616. The van der Waals surface area contributed by atoms with Gasteiger partial charge in [-0.1, -0.05) is 6.92 Å². The summed E-state index contributed by atoms with van der Waals surface area (Å²) in [6, 6.07) is 0. The second kappa shape index (κ2) is 4.82. The van der Waals surface area contributed by atoms with Gasteiger partial charge in [-0.15, -0.1) is 0 Å². The third kappa shape index (κ3) is 2.08. The fraction of sp³-hybridized carbons (Fsp3) is 0.692. The van der Waals surface area contributed by atoms with E-state index >= 15 is 0 Å². The molecule has 5 heteroatoms. The molecule has 0 radical (unpaired) electrons.